The first kappa shape index (κ1) is 25.9. The third-order valence-electron chi connectivity index (χ3n) is 5.91. The number of hydrogen-bond donors (Lipinski definition) is 1. The summed E-state index contributed by atoms with van der Waals surface area (Å²) in [7, 11) is -6.19. The molecular formula is C22H26ClN3O7S2. The fourth-order valence-electron chi connectivity index (χ4n) is 3.99. The van der Waals surface area contributed by atoms with Gasteiger partial charge in [-0.3, -0.25) is 4.79 Å². The van der Waals surface area contributed by atoms with E-state index in [0.29, 0.717) is 13.1 Å². The van der Waals surface area contributed by atoms with Crippen molar-refractivity contribution in [1.29, 1.82) is 0 Å². The normalized spacial score (nSPS) is 17.9. The SMILES string of the molecule is COc1ccc(S(=O)(=O)N2CCCC2)cc1NC(=O)c1cc(S(=O)(=O)N2CCOCC2)ccc1Cl. The topological polar surface area (TPSA) is 122 Å². The molecule has 1 amide bonds. The van der Waals surface area contributed by atoms with Crippen LogP contribution in [0.3, 0.4) is 0 Å². The van der Waals surface area contributed by atoms with Gasteiger partial charge in [0.25, 0.3) is 5.91 Å². The molecule has 2 aliphatic heterocycles. The van der Waals surface area contributed by atoms with Crippen LogP contribution in [0.4, 0.5) is 5.69 Å². The first-order valence-electron chi connectivity index (χ1n) is 11.0. The lowest BCUT2D eigenvalue weighted by Gasteiger charge is -2.26. The fraction of sp³-hybridized carbons (Fsp3) is 0.409. The Morgan fingerprint density at radius 1 is 0.914 bits per heavy atom. The van der Waals surface area contributed by atoms with Crippen LogP contribution in [-0.4, -0.2) is 77.9 Å². The van der Waals surface area contributed by atoms with Crippen LogP contribution in [-0.2, 0) is 24.8 Å². The predicted octanol–water partition coefficient (Wildman–Crippen LogP) is 2.41. The Balaban J connectivity index is 1.64. The summed E-state index contributed by atoms with van der Waals surface area (Å²) < 4.78 is 65.2. The first-order valence-corrected chi connectivity index (χ1v) is 14.3. The van der Waals surface area contributed by atoms with Crippen molar-refractivity contribution in [3.8, 4) is 5.75 Å². The number of benzene rings is 2. The maximum absolute atomic E-state index is 13.1. The van der Waals surface area contributed by atoms with Gasteiger partial charge in [-0.2, -0.15) is 8.61 Å². The highest BCUT2D eigenvalue weighted by Crippen LogP contribution is 2.31. The molecule has 0 atom stereocenters. The zero-order chi connectivity index (χ0) is 25.2. The molecule has 190 valence electrons. The van der Waals surface area contributed by atoms with Gasteiger partial charge in [0.2, 0.25) is 20.0 Å². The molecule has 0 aromatic heterocycles. The van der Waals surface area contributed by atoms with E-state index in [1.54, 1.807) is 0 Å². The molecule has 13 heteroatoms. The Kier molecular flexibility index (Phi) is 7.69. The van der Waals surface area contributed by atoms with Gasteiger partial charge in [0.15, 0.2) is 0 Å². The number of morpholine rings is 1. The summed E-state index contributed by atoms with van der Waals surface area (Å²) in [6.45, 7) is 1.88. The molecule has 0 unspecified atom stereocenters. The Hall–Kier alpha value is -2.22. The lowest BCUT2D eigenvalue weighted by molar-refractivity contribution is 0.0730. The van der Waals surface area contributed by atoms with Crippen LogP contribution >= 0.6 is 11.6 Å². The molecule has 4 rings (SSSR count). The zero-order valence-corrected chi connectivity index (χ0v) is 21.5. The fourth-order valence-corrected chi connectivity index (χ4v) is 7.17. The highest BCUT2D eigenvalue weighted by molar-refractivity contribution is 7.89. The largest absolute Gasteiger partial charge is 0.495 e. The molecule has 10 nitrogen and oxygen atoms in total. The Morgan fingerprint density at radius 3 is 2.11 bits per heavy atom. The first-order chi connectivity index (χ1) is 16.6. The molecule has 0 aliphatic carbocycles. The van der Waals surface area contributed by atoms with E-state index in [-0.39, 0.29) is 58.1 Å². The monoisotopic (exact) mass is 543 g/mol. The highest BCUT2D eigenvalue weighted by Gasteiger charge is 2.29. The number of hydrogen-bond acceptors (Lipinski definition) is 7. The molecule has 2 aromatic rings. The summed E-state index contributed by atoms with van der Waals surface area (Å²) in [5.74, 6) is -0.463. The number of halogens is 1. The molecule has 1 N–H and O–H groups in total. The molecule has 0 spiro atoms. The summed E-state index contributed by atoms with van der Waals surface area (Å²) >= 11 is 6.23. The minimum Gasteiger partial charge on any atom is -0.495 e. The Morgan fingerprint density at radius 2 is 1.49 bits per heavy atom. The molecule has 2 aliphatic rings. The molecule has 2 fully saturated rings. The minimum absolute atomic E-state index is 0.0187. The Labute approximate surface area is 209 Å². The average molecular weight is 544 g/mol. The second kappa shape index (κ2) is 10.4. The van der Waals surface area contributed by atoms with Crippen LogP contribution in [0.25, 0.3) is 0 Å². The molecule has 0 bridgehead atoms. The van der Waals surface area contributed by atoms with Gasteiger partial charge in [0.1, 0.15) is 5.75 Å². The van der Waals surface area contributed by atoms with Gasteiger partial charge in [0, 0.05) is 26.2 Å². The maximum Gasteiger partial charge on any atom is 0.257 e. The van der Waals surface area contributed by atoms with Crippen LogP contribution in [0.1, 0.15) is 23.2 Å². The van der Waals surface area contributed by atoms with Crippen LogP contribution < -0.4 is 10.1 Å². The Bertz CT molecular complexity index is 1320. The van der Waals surface area contributed by atoms with Gasteiger partial charge < -0.3 is 14.8 Å². The van der Waals surface area contributed by atoms with Gasteiger partial charge in [-0.25, -0.2) is 16.8 Å². The molecule has 2 heterocycles. The van der Waals surface area contributed by atoms with Crippen LogP contribution in [0.5, 0.6) is 5.75 Å². The molecule has 0 radical (unpaired) electrons. The quantitative estimate of drug-likeness (QED) is 0.569. The number of rotatable bonds is 7. The number of nitrogens with zero attached hydrogens (tertiary/aromatic N) is 2. The maximum atomic E-state index is 13.1. The standard InChI is InChI=1S/C22H26ClN3O7S2/c1-32-21-7-5-17(35(30,31)25-8-2-3-9-25)15-20(21)24-22(27)18-14-16(4-6-19(18)23)34(28,29)26-10-12-33-13-11-26/h4-7,14-15H,2-3,8-13H2,1H3,(H,24,27). The van der Waals surface area contributed by atoms with Crippen molar-refractivity contribution in [2.24, 2.45) is 0 Å². The van der Waals surface area contributed by atoms with E-state index in [4.69, 9.17) is 21.1 Å². The lowest BCUT2D eigenvalue weighted by Crippen LogP contribution is -2.40. The van der Waals surface area contributed by atoms with Crippen LogP contribution in [0.2, 0.25) is 5.02 Å². The summed E-state index contributed by atoms with van der Waals surface area (Å²) in [5, 5.41) is 2.66. The van der Waals surface area contributed by atoms with E-state index in [2.05, 4.69) is 5.32 Å². The smallest absolute Gasteiger partial charge is 0.257 e. The van der Waals surface area contributed by atoms with E-state index in [9.17, 15) is 21.6 Å². The van der Waals surface area contributed by atoms with Gasteiger partial charge in [0.05, 0.1) is 46.4 Å². The van der Waals surface area contributed by atoms with E-state index in [0.717, 1.165) is 12.8 Å². The van der Waals surface area contributed by atoms with Crippen LogP contribution in [0.15, 0.2) is 46.2 Å². The van der Waals surface area contributed by atoms with Crippen molar-refractivity contribution in [2.45, 2.75) is 22.6 Å². The molecule has 2 aromatic carbocycles. The van der Waals surface area contributed by atoms with Gasteiger partial charge in [-0.15, -0.1) is 0 Å². The van der Waals surface area contributed by atoms with Crippen molar-refractivity contribution in [3.05, 3.63) is 47.0 Å². The summed E-state index contributed by atoms with van der Waals surface area (Å²) in [4.78, 5) is 13.1. The van der Waals surface area contributed by atoms with Gasteiger partial charge >= 0.3 is 0 Å². The predicted molar refractivity (Wildman–Crippen MR) is 130 cm³/mol. The number of amides is 1. The summed E-state index contributed by atoms with van der Waals surface area (Å²) in [5.41, 5.74) is 0.0473. The van der Waals surface area contributed by atoms with E-state index >= 15 is 0 Å². The number of methoxy groups -OCH3 is 1. The molecule has 2 saturated heterocycles. The van der Waals surface area contributed by atoms with E-state index in [1.165, 1.54) is 52.1 Å². The number of nitrogens with one attached hydrogen (secondary N) is 1. The second-order valence-electron chi connectivity index (χ2n) is 8.09. The third-order valence-corrected chi connectivity index (χ3v) is 10.0. The highest BCUT2D eigenvalue weighted by atomic mass is 35.5. The van der Waals surface area contributed by atoms with E-state index < -0.39 is 26.0 Å². The number of anilines is 1. The number of carbonyl (C=O) groups excluding carboxylic acids is 1. The van der Waals surface area contributed by atoms with Gasteiger partial charge in [-0.05, 0) is 49.2 Å². The second-order valence-corrected chi connectivity index (χ2v) is 12.4. The van der Waals surface area contributed by atoms with Crippen LogP contribution in [0, 0.1) is 0 Å². The third kappa shape index (κ3) is 5.32. The lowest BCUT2D eigenvalue weighted by atomic mass is 10.2. The molecule has 0 saturated carbocycles. The number of sulfonamides is 2. The van der Waals surface area contributed by atoms with E-state index in [1.807, 2.05) is 0 Å². The van der Waals surface area contributed by atoms with Crippen molar-refractivity contribution in [1.82, 2.24) is 8.61 Å². The number of carbonyl (C=O) groups is 1. The molecular weight excluding hydrogens is 518 g/mol. The van der Waals surface area contributed by atoms with Crippen molar-refractivity contribution >= 4 is 43.2 Å². The van der Waals surface area contributed by atoms with Crippen molar-refractivity contribution < 1.29 is 31.1 Å². The van der Waals surface area contributed by atoms with Gasteiger partial charge in [-0.1, -0.05) is 11.6 Å². The average Bonchev–Trinajstić information content (AvgIpc) is 3.41. The number of ether oxygens (including phenoxy) is 2. The molecule has 35 heavy (non-hydrogen) atoms. The summed E-state index contributed by atoms with van der Waals surface area (Å²) in [6, 6.07) is 8.10. The summed E-state index contributed by atoms with van der Waals surface area (Å²) in [6.07, 6.45) is 1.59. The minimum atomic E-state index is -3.85. The zero-order valence-electron chi connectivity index (χ0n) is 19.1. The van der Waals surface area contributed by atoms with Crippen molar-refractivity contribution in [2.75, 3.05) is 51.8 Å². The van der Waals surface area contributed by atoms with Crippen molar-refractivity contribution in [3.63, 3.8) is 0 Å².